The second-order valence-electron chi connectivity index (χ2n) is 4.86. The van der Waals surface area contributed by atoms with Crippen LogP contribution in [0.3, 0.4) is 0 Å². The number of nitrogens with one attached hydrogen (secondary N) is 1. The molecule has 0 aliphatic carbocycles. The average Bonchev–Trinajstić information content (AvgIpc) is 2.30. The Morgan fingerprint density at radius 1 is 1.53 bits per heavy atom. The number of ether oxygens (including phenoxy) is 2. The number of rotatable bonds is 6. The molecule has 1 aliphatic heterocycles. The molecule has 1 saturated heterocycles. The monoisotopic (exact) mass is 261 g/mol. The van der Waals surface area contributed by atoms with Crippen molar-refractivity contribution in [3.05, 3.63) is 0 Å². The van der Waals surface area contributed by atoms with Crippen LogP contribution < -0.4 is 5.32 Å². The second-order valence-corrected chi connectivity index (χ2v) is 6.01. The normalized spacial score (nSPS) is 21.2. The minimum atomic E-state index is -0.223. The predicted molar refractivity (Wildman–Crippen MR) is 70.4 cm³/mol. The van der Waals surface area contributed by atoms with Crippen molar-refractivity contribution >= 4 is 17.7 Å². The summed E-state index contributed by atoms with van der Waals surface area (Å²) < 4.78 is 10.5. The van der Waals surface area contributed by atoms with Crippen LogP contribution in [0.4, 0.5) is 0 Å². The van der Waals surface area contributed by atoms with Gasteiger partial charge in [0.1, 0.15) is 0 Å². The third-order valence-electron chi connectivity index (χ3n) is 2.93. The molecule has 1 N–H and O–H groups in total. The van der Waals surface area contributed by atoms with Gasteiger partial charge in [0.05, 0.1) is 18.6 Å². The van der Waals surface area contributed by atoms with Gasteiger partial charge in [0.25, 0.3) is 0 Å². The van der Waals surface area contributed by atoms with Crippen LogP contribution in [0.15, 0.2) is 0 Å². The highest BCUT2D eigenvalue weighted by Gasteiger charge is 2.19. The van der Waals surface area contributed by atoms with E-state index in [1.54, 1.807) is 7.11 Å². The first-order valence-electron chi connectivity index (χ1n) is 6.05. The van der Waals surface area contributed by atoms with Gasteiger partial charge in [-0.3, -0.25) is 4.79 Å². The van der Waals surface area contributed by atoms with Gasteiger partial charge >= 0.3 is 5.97 Å². The molecule has 1 rings (SSSR count). The summed E-state index contributed by atoms with van der Waals surface area (Å²) in [5, 5.41) is 3.32. The Balaban J connectivity index is 2.12. The molecular formula is C12H23NO3S. The molecule has 17 heavy (non-hydrogen) atoms. The van der Waals surface area contributed by atoms with Crippen LogP contribution in [0.5, 0.6) is 0 Å². The molecule has 0 aromatic rings. The van der Waals surface area contributed by atoms with Crippen molar-refractivity contribution in [3.63, 3.8) is 0 Å². The summed E-state index contributed by atoms with van der Waals surface area (Å²) in [4.78, 5) is 11.6. The topological polar surface area (TPSA) is 47.6 Å². The molecule has 0 amide bonds. The molecule has 0 bridgehead atoms. The van der Waals surface area contributed by atoms with Gasteiger partial charge in [-0.25, -0.2) is 0 Å². The maximum Gasteiger partial charge on any atom is 0.307 e. The second kappa shape index (κ2) is 7.24. The first-order valence-corrected chi connectivity index (χ1v) is 7.21. The molecule has 0 aromatic carbocycles. The van der Waals surface area contributed by atoms with E-state index in [1.165, 1.54) is 0 Å². The fourth-order valence-electron chi connectivity index (χ4n) is 1.52. The van der Waals surface area contributed by atoms with Crippen molar-refractivity contribution in [3.8, 4) is 0 Å². The van der Waals surface area contributed by atoms with Crippen LogP contribution in [0.25, 0.3) is 0 Å². The largest absolute Gasteiger partial charge is 0.466 e. The lowest BCUT2D eigenvalue weighted by Gasteiger charge is -2.24. The van der Waals surface area contributed by atoms with Gasteiger partial charge in [-0.2, -0.15) is 11.8 Å². The standard InChI is InChI=1S/C12H23NO3S/c1-12(2,15-3)4-6-16-11(14)8-10-9-17-7-5-13-10/h10,13H,4-9H2,1-3H3. The SMILES string of the molecule is COC(C)(C)CCOC(=O)CC1CSCCN1. The molecule has 4 nitrogen and oxygen atoms in total. The van der Waals surface area contributed by atoms with Crippen LogP contribution in [-0.4, -0.2) is 49.4 Å². The summed E-state index contributed by atoms with van der Waals surface area (Å²) in [5.74, 6) is 2.02. The van der Waals surface area contributed by atoms with Crippen LogP contribution in [0, 0.1) is 0 Å². The lowest BCUT2D eigenvalue weighted by molar-refractivity contribution is -0.145. The fourth-order valence-corrected chi connectivity index (χ4v) is 2.47. The minimum absolute atomic E-state index is 0.114. The van der Waals surface area contributed by atoms with Crippen molar-refractivity contribution < 1.29 is 14.3 Å². The van der Waals surface area contributed by atoms with E-state index in [-0.39, 0.29) is 17.6 Å². The Morgan fingerprint density at radius 3 is 2.88 bits per heavy atom. The van der Waals surface area contributed by atoms with E-state index in [0.29, 0.717) is 13.0 Å². The minimum Gasteiger partial charge on any atom is -0.466 e. The van der Waals surface area contributed by atoms with E-state index < -0.39 is 0 Å². The number of esters is 1. The van der Waals surface area contributed by atoms with Crippen LogP contribution in [-0.2, 0) is 14.3 Å². The Kier molecular flexibility index (Phi) is 6.30. The summed E-state index contributed by atoms with van der Waals surface area (Å²) in [6.07, 6.45) is 1.20. The summed E-state index contributed by atoms with van der Waals surface area (Å²) in [7, 11) is 1.67. The van der Waals surface area contributed by atoms with E-state index in [9.17, 15) is 4.79 Å². The first kappa shape index (κ1) is 14.8. The molecule has 0 radical (unpaired) electrons. The van der Waals surface area contributed by atoms with Gasteiger partial charge in [0, 0.05) is 37.6 Å². The molecule has 0 saturated carbocycles. The van der Waals surface area contributed by atoms with E-state index in [2.05, 4.69) is 5.32 Å². The zero-order valence-corrected chi connectivity index (χ0v) is 11.8. The van der Waals surface area contributed by atoms with Gasteiger partial charge in [-0.15, -0.1) is 0 Å². The van der Waals surface area contributed by atoms with Crippen LogP contribution >= 0.6 is 11.8 Å². The van der Waals surface area contributed by atoms with Crippen molar-refractivity contribution in [2.24, 2.45) is 0 Å². The number of hydrogen-bond donors (Lipinski definition) is 1. The smallest absolute Gasteiger partial charge is 0.307 e. The molecule has 5 heteroatoms. The summed E-state index contributed by atoms with van der Waals surface area (Å²) in [5.41, 5.74) is -0.223. The summed E-state index contributed by atoms with van der Waals surface area (Å²) >= 11 is 1.89. The molecule has 1 fully saturated rings. The summed E-state index contributed by atoms with van der Waals surface area (Å²) in [6.45, 7) is 5.39. The van der Waals surface area contributed by atoms with E-state index in [1.807, 2.05) is 25.6 Å². The van der Waals surface area contributed by atoms with Gasteiger partial charge in [-0.1, -0.05) is 0 Å². The maximum absolute atomic E-state index is 11.6. The third-order valence-corrected chi connectivity index (χ3v) is 4.06. The average molecular weight is 261 g/mol. The van der Waals surface area contributed by atoms with E-state index in [4.69, 9.17) is 9.47 Å². The molecule has 1 heterocycles. The van der Waals surface area contributed by atoms with E-state index >= 15 is 0 Å². The van der Waals surface area contributed by atoms with Gasteiger partial charge in [-0.05, 0) is 13.8 Å². The van der Waals surface area contributed by atoms with Crippen molar-refractivity contribution in [1.29, 1.82) is 0 Å². The first-order chi connectivity index (χ1) is 8.03. The number of carbonyl (C=O) groups excluding carboxylic acids is 1. The highest BCUT2D eigenvalue weighted by Crippen LogP contribution is 2.14. The highest BCUT2D eigenvalue weighted by molar-refractivity contribution is 7.99. The molecule has 0 spiro atoms. The zero-order chi connectivity index (χ0) is 12.7. The quantitative estimate of drug-likeness (QED) is 0.733. The number of hydrogen-bond acceptors (Lipinski definition) is 5. The number of carbonyl (C=O) groups is 1. The van der Waals surface area contributed by atoms with Crippen molar-refractivity contribution in [2.75, 3.05) is 31.8 Å². The molecular weight excluding hydrogens is 238 g/mol. The summed E-state index contributed by atoms with van der Waals surface area (Å²) in [6, 6.07) is 0.275. The fraction of sp³-hybridized carbons (Fsp3) is 0.917. The molecule has 1 aliphatic rings. The van der Waals surface area contributed by atoms with Crippen LogP contribution in [0.2, 0.25) is 0 Å². The number of methoxy groups -OCH3 is 1. The lowest BCUT2D eigenvalue weighted by Crippen LogP contribution is -2.39. The molecule has 100 valence electrons. The highest BCUT2D eigenvalue weighted by atomic mass is 32.2. The van der Waals surface area contributed by atoms with Gasteiger partial charge in [0.15, 0.2) is 0 Å². The van der Waals surface area contributed by atoms with Gasteiger partial charge in [0.2, 0.25) is 0 Å². The van der Waals surface area contributed by atoms with Crippen LogP contribution in [0.1, 0.15) is 26.7 Å². The van der Waals surface area contributed by atoms with Gasteiger partial charge < -0.3 is 14.8 Å². The van der Waals surface area contributed by atoms with Crippen molar-refractivity contribution in [1.82, 2.24) is 5.32 Å². The maximum atomic E-state index is 11.6. The molecule has 0 aromatic heterocycles. The van der Waals surface area contributed by atoms with E-state index in [0.717, 1.165) is 24.5 Å². The number of thioether (sulfide) groups is 1. The Hall–Kier alpha value is -0.260. The Bertz CT molecular complexity index is 240. The third kappa shape index (κ3) is 6.29. The van der Waals surface area contributed by atoms with Crippen molar-refractivity contribution in [2.45, 2.75) is 38.3 Å². The molecule has 1 atom stereocenters. The zero-order valence-electron chi connectivity index (χ0n) is 11.0. The lowest BCUT2D eigenvalue weighted by atomic mass is 10.1. The Morgan fingerprint density at radius 2 is 2.29 bits per heavy atom. The predicted octanol–water partition coefficient (Wildman–Crippen LogP) is 1.44. The molecule has 1 unspecified atom stereocenters. The Labute approximate surface area is 108 Å².